The maximum atomic E-state index is 5.50. The van der Waals surface area contributed by atoms with Crippen LogP contribution in [0, 0.1) is 0 Å². The molecule has 1 rings (SSSR count). The smallest absolute Gasteiger partial charge is 0.169 e. The van der Waals surface area contributed by atoms with Gasteiger partial charge in [0.1, 0.15) is 0 Å². The van der Waals surface area contributed by atoms with Gasteiger partial charge >= 0.3 is 0 Å². The lowest BCUT2D eigenvalue weighted by Crippen LogP contribution is -2.55. The van der Waals surface area contributed by atoms with Crippen molar-refractivity contribution >= 4 is 34.7 Å². The van der Waals surface area contributed by atoms with Crippen LogP contribution in [0.15, 0.2) is 0 Å². The molecule has 0 aromatic carbocycles. The van der Waals surface area contributed by atoms with Gasteiger partial charge in [0.15, 0.2) is 10.2 Å². The van der Waals surface area contributed by atoms with E-state index in [1.165, 1.54) is 0 Å². The first-order chi connectivity index (χ1) is 11.4. The first-order valence-corrected chi connectivity index (χ1v) is 9.57. The zero-order valence-electron chi connectivity index (χ0n) is 15.7. The summed E-state index contributed by atoms with van der Waals surface area (Å²) in [5.41, 5.74) is 0. The van der Waals surface area contributed by atoms with E-state index in [1.807, 2.05) is 0 Å². The SMILES string of the molecule is CN(C)CCCNC(=S)N1CCN(C(=S)NCCCN(C)C)CC1. The summed E-state index contributed by atoms with van der Waals surface area (Å²) in [6.45, 7) is 7.75. The van der Waals surface area contributed by atoms with Crippen LogP contribution in [0.3, 0.4) is 0 Å². The number of hydrogen-bond donors (Lipinski definition) is 2. The Bertz CT molecular complexity index is 345. The third-order valence-electron chi connectivity index (χ3n) is 3.97. The summed E-state index contributed by atoms with van der Waals surface area (Å²) < 4.78 is 0. The summed E-state index contributed by atoms with van der Waals surface area (Å²) in [5.74, 6) is 0. The second-order valence-corrected chi connectivity index (χ2v) is 7.53. The van der Waals surface area contributed by atoms with E-state index in [9.17, 15) is 0 Å². The minimum atomic E-state index is 0.873. The average Bonchev–Trinajstić information content (AvgIpc) is 2.55. The molecule has 1 saturated heterocycles. The number of rotatable bonds is 8. The monoisotopic (exact) mass is 374 g/mol. The Balaban J connectivity index is 2.16. The fourth-order valence-corrected chi connectivity index (χ4v) is 3.09. The number of piperazine rings is 1. The maximum absolute atomic E-state index is 5.50. The molecule has 1 aliphatic rings. The normalized spacial score (nSPS) is 15.1. The highest BCUT2D eigenvalue weighted by Gasteiger charge is 2.20. The lowest BCUT2D eigenvalue weighted by molar-refractivity contribution is 0.254. The lowest BCUT2D eigenvalue weighted by atomic mass is 10.3. The van der Waals surface area contributed by atoms with Crippen molar-refractivity contribution in [3.63, 3.8) is 0 Å². The van der Waals surface area contributed by atoms with Gasteiger partial charge in [-0.05, 0) is 78.6 Å². The van der Waals surface area contributed by atoms with Crippen LogP contribution in [0.2, 0.25) is 0 Å². The molecule has 0 aliphatic carbocycles. The van der Waals surface area contributed by atoms with Crippen molar-refractivity contribution in [3.05, 3.63) is 0 Å². The molecule has 0 bridgehead atoms. The van der Waals surface area contributed by atoms with Gasteiger partial charge in [-0.1, -0.05) is 0 Å². The second kappa shape index (κ2) is 11.8. The van der Waals surface area contributed by atoms with Gasteiger partial charge in [0.2, 0.25) is 0 Å². The Hall–Kier alpha value is -0.700. The van der Waals surface area contributed by atoms with Gasteiger partial charge in [0.25, 0.3) is 0 Å². The van der Waals surface area contributed by atoms with Crippen molar-refractivity contribution in [3.8, 4) is 0 Å². The number of nitrogens with one attached hydrogen (secondary N) is 2. The second-order valence-electron chi connectivity index (χ2n) is 6.75. The van der Waals surface area contributed by atoms with Crippen LogP contribution in [-0.4, -0.2) is 110 Å². The summed E-state index contributed by atoms with van der Waals surface area (Å²) in [7, 11) is 8.37. The van der Waals surface area contributed by atoms with Crippen LogP contribution in [-0.2, 0) is 0 Å². The topological polar surface area (TPSA) is 37.0 Å². The molecule has 0 spiro atoms. The Morgan fingerprint density at radius 2 is 1.08 bits per heavy atom. The molecular formula is C16H34N6S2. The molecule has 0 atom stereocenters. The predicted molar refractivity (Wildman–Crippen MR) is 111 cm³/mol. The average molecular weight is 375 g/mol. The lowest BCUT2D eigenvalue weighted by Gasteiger charge is -2.37. The molecule has 6 nitrogen and oxygen atoms in total. The fraction of sp³-hybridized carbons (Fsp3) is 0.875. The Morgan fingerprint density at radius 3 is 1.38 bits per heavy atom. The molecule has 1 aliphatic heterocycles. The number of thiocarbonyl (C=S) groups is 2. The third kappa shape index (κ3) is 8.96. The van der Waals surface area contributed by atoms with E-state index in [1.54, 1.807) is 0 Å². The van der Waals surface area contributed by atoms with E-state index in [4.69, 9.17) is 24.4 Å². The predicted octanol–water partition coefficient (Wildman–Crippen LogP) is 0.256. The molecule has 0 unspecified atom stereocenters. The Morgan fingerprint density at radius 1 is 0.750 bits per heavy atom. The van der Waals surface area contributed by atoms with Crippen LogP contribution in [0.25, 0.3) is 0 Å². The highest BCUT2D eigenvalue weighted by Crippen LogP contribution is 2.03. The van der Waals surface area contributed by atoms with Crippen LogP contribution < -0.4 is 10.6 Å². The first kappa shape index (κ1) is 21.3. The van der Waals surface area contributed by atoms with Gasteiger partial charge in [0, 0.05) is 39.3 Å². The van der Waals surface area contributed by atoms with E-state index in [0.29, 0.717) is 0 Å². The van der Waals surface area contributed by atoms with Gasteiger partial charge in [-0.3, -0.25) is 0 Å². The van der Waals surface area contributed by atoms with Crippen LogP contribution >= 0.6 is 24.4 Å². The van der Waals surface area contributed by atoms with Crippen molar-refractivity contribution in [1.82, 2.24) is 30.2 Å². The van der Waals surface area contributed by atoms with Crippen molar-refractivity contribution in [2.24, 2.45) is 0 Å². The summed E-state index contributed by atoms with van der Waals surface area (Å²) in [6.07, 6.45) is 2.21. The minimum absolute atomic E-state index is 0.873. The Labute approximate surface area is 158 Å². The molecule has 0 saturated carbocycles. The van der Waals surface area contributed by atoms with E-state index in [-0.39, 0.29) is 0 Å². The Kier molecular flexibility index (Phi) is 10.5. The molecule has 0 radical (unpaired) electrons. The van der Waals surface area contributed by atoms with Gasteiger partial charge in [-0.2, -0.15) is 0 Å². The molecule has 8 heteroatoms. The molecule has 0 aromatic heterocycles. The van der Waals surface area contributed by atoms with E-state index >= 15 is 0 Å². The van der Waals surface area contributed by atoms with Crippen molar-refractivity contribution < 1.29 is 0 Å². The molecule has 2 N–H and O–H groups in total. The minimum Gasteiger partial charge on any atom is -0.363 e. The molecule has 140 valence electrons. The zero-order chi connectivity index (χ0) is 17.9. The van der Waals surface area contributed by atoms with Crippen molar-refractivity contribution in [1.29, 1.82) is 0 Å². The molecule has 1 fully saturated rings. The van der Waals surface area contributed by atoms with Crippen LogP contribution in [0.4, 0.5) is 0 Å². The molecule has 24 heavy (non-hydrogen) atoms. The largest absolute Gasteiger partial charge is 0.363 e. The van der Waals surface area contributed by atoms with Gasteiger partial charge in [0.05, 0.1) is 0 Å². The summed E-state index contributed by atoms with van der Waals surface area (Å²) in [4.78, 5) is 8.87. The van der Waals surface area contributed by atoms with E-state index in [2.05, 4.69) is 58.4 Å². The quantitative estimate of drug-likeness (QED) is 0.463. The summed E-state index contributed by atoms with van der Waals surface area (Å²) >= 11 is 11.0. The highest BCUT2D eigenvalue weighted by atomic mass is 32.1. The highest BCUT2D eigenvalue weighted by molar-refractivity contribution is 7.80. The molecular weight excluding hydrogens is 340 g/mol. The maximum Gasteiger partial charge on any atom is 0.169 e. The summed E-state index contributed by atoms with van der Waals surface area (Å²) in [6, 6.07) is 0. The van der Waals surface area contributed by atoms with E-state index in [0.717, 1.165) is 75.4 Å². The third-order valence-corrected chi connectivity index (χ3v) is 4.78. The van der Waals surface area contributed by atoms with Gasteiger partial charge in [-0.25, -0.2) is 0 Å². The zero-order valence-corrected chi connectivity index (χ0v) is 17.3. The van der Waals surface area contributed by atoms with Gasteiger partial charge in [-0.15, -0.1) is 0 Å². The summed E-state index contributed by atoms with van der Waals surface area (Å²) in [5, 5.41) is 8.47. The standard InChI is InChI=1S/C16H34N6S2/c1-19(2)9-5-7-17-15(23)21-11-13-22(14-12-21)16(24)18-8-6-10-20(3)4/h5-14H2,1-4H3,(H,17,23)(H,18,24). The van der Waals surface area contributed by atoms with Crippen LogP contribution in [0.1, 0.15) is 12.8 Å². The fourth-order valence-electron chi connectivity index (χ4n) is 2.52. The molecule has 0 aromatic rings. The first-order valence-electron chi connectivity index (χ1n) is 8.75. The number of hydrogen-bond acceptors (Lipinski definition) is 4. The number of nitrogens with zero attached hydrogens (tertiary/aromatic N) is 4. The molecule has 1 heterocycles. The molecule has 0 amide bonds. The van der Waals surface area contributed by atoms with E-state index < -0.39 is 0 Å². The van der Waals surface area contributed by atoms with Gasteiger partial charge < -0.3 is 30.2 Å². The van der Waals surface area contributed by atoms with Crippen molar-refractivity contribution in [2.75, 3.05) is 80.5 Å². The van der Waals surface area contributed by atoms with Crippen molar-refractivity contribution in [2.45, 2.75) is 12.8 Å². The van der Waals surface area contributed by atoms with Crippen LogP contribution in [0.5, 0.6) is 0 Å².